The van der Waals surface area contributed by atoms with Gasteiger partial charge in [0.1, 0.15) is 0 Å². The predicted molar refractivity (Wildman–Crippen MR) is 48.7 cm³/mol. The number of aromatic hydroxyl groups is 1. The largest absolute Gasteiger partial charge is 0.504 e. The first kappa shape index (κ1) is 9.83. The lowest BCUT2D eigenvalue weighted by Crippen LogP contribution is -2.14. The van der Waals surface area contributed by atoms with Gasteiger partial charge >= 0.3 is 0 Å². The third kappa shape index (κ3) is 1.91. The van der Waals surface area contributed by atoms with Crippen LogP contribution in [-0.4, -0.2) is 23.9 Å². The third-order valence-corrected chi connectivity index (χ3v) is 1.85. The molecule has 0 heterocycles. The lowest BCUT2D eigenvalue weighted by Gasteiger charge is -2.12. The van der Waals surface area contributed by atoms with Crippen LogP contribution in [-0.2, 0) is 0 Å². The molecule has 0 bridgehead atoms. The number of ether oxygens (including phenoxy) is 1. The van der Waals surface area contributed by atoms with Crippen molar-refractivity contribution in [3.63, 3.8) is 0 Å². The standard InChI is InChI=1S/C9H13NO3/c1-13-8-4-2-3-6(9(8)12)7(10)5-11/h2-4,7,11-12H,5,10H2,1H3. The maximum Gasteiger partial charge on any atom is 0.162 e. The monoisotopic (exact) mass is 183 g/mol. The van der Waals surface area contributed by atoms with Crippen LogP contribution in [0.5, 0.6) is 11.5 Å². The highest BCUT2D eigenvalue weighted by Crippen LogP contribution is 2.32. The summed E-state index contributed by atoms with van der Waals surface area (Å²) in [6, 6.07) is 4.42. The molecule has 0 amide bonds. The third-order valence-electron chi connectivity index (χ3n) is 1.85. The van der Waals surface area contributed by atoms with Gasteiger partial charge in [0.2, 0.25) is 0 Å². The quantitative estimate of drug-likeness (QED) is 0.633. The normalized spacial score (nSPS) is 12.5. The van der Waals surface area contributed by atoms with Crippen molar-refractivity contribution in [1.82, 2.24) is 0 Å². The van der Waals surface area contributed by atoms with E-state index in [0.29, 0.717) is 11.3 Å². The van der Waals surface area contributed by atoms with Gasteiger partial charge in [0, 0.05) is 5.56 Å². The highest BCUT2D eigenvalue weighted by molar-refractivity contribution is 5.46. The van der Waals surface area contributed by atoms with E-state index >= 15 is 0 Å². The molecule has 4 heteroatoms. The van der Waals surface area contributed by atoms with Crippen molar-refractivity contribution < 1.29 is 14.9 Å². The summed E-state index contributed by atoms with van der Waals surface area (Å²) < 4.78 is 4.89. The average molecular weight is 183 g/mol. The summed E-state index contributed by atoms with van der Waals surface area (Å²) in [4.78, 5) is 0. The van der Waals surface area contributed by atoms with Crippen LogP contribution >= 0.6 is 0 Å². The molecule has 0 aliphatic carbocycles. The smallest absolute Gasteiger partial charge is 0.162 e. The second kappa shape index (κ2) is 4.11. The van der Waals surface area contributed by atoms with E-state index in [2.05, 4.69) is 0 Å². The number of aliphatic hydroxyl groups is 1. The lowest BCUT2D eigenvalue weighted by molar-refractivity contribution is 0.264. The molecule has 0 aliphatic rings. The highest BCUT2D eigenvalue weighted by atomic mass is 16.5. The Balaban J connectivity index is 3.08. The molecule has 1 aromatic rings. The van der Waals surface area contributed by atoms with Crippen molar-refractivity contribution in [3.05, 3.63) is 23.8 Å². The SMILES string of the molecule is COc1cccc(C(N)CO)c1O. The van der Waals surface area contributed by atoms with Crippen molar-refractivity contribution in [1.29, 1.82) is 0 Å². The minimum atomic E-state index is -0.574. The number of para-hydroxylation sites is 1. The fraction of sp³-hybridized carbons (Fsp3) is 0.333. The zero-order chi connectivity index (χ0) is 9.84. The zero-order valence-corrected chi connectivity index (χ0v) is 7.40. The molecule has 0 aromatic heterocycles. The first-order chi connectivity index (χ1) is 6.20. The lowest BCUT2D eigenvalue weighted by atomic mass is 10.1. The number of phenols is 1. The molecule has 72 valence electrons. The van der Waals surface area contributed by atoms with Crippen LogP contribution in [0.25, 0.3) is 0 Å². The number of methoxy groups -OCH3 is 1. The fourth-order valence-corrected chi connectivity index (χ4v) is 1.10. The molecular formula is C9H13NO3. The number of rotatable bonds is 3. The first-order valence-electron chi connectivity index (χ1n) is 3.93. The molecule has 0 radical (unpaired) electrons. The van der Waals surface area contributed by atoms with Crippen molar-refractivity contribution in [2.24, 2.45) is 5.73 Å². The number of phenolic OH excluding ortho intramolecular Hbond substituents is 1. The number of aliphatic hydroxyl groups excluding tert-OH is 1. The Morgan fingerprint density at radius 1 is 1.54 bits per heavy atom. The van der Waals surface area contributed by atoms with Crippen LogP contribution in [0.3, 0.4) is 0 Å². The van der Waals surface area contributed by atoms with E-state index in [1.165, 1.54) is 7.11 Å². The number of benzene rings is 1. The summed E-state index contributed by atoms with van der Waals surface area (Å²) >= 11 is 0. The Hall–Kier alpha value is -1.26. The molecule has 1 rings (SSSR count). The van der Waals surface area contributed by atoms with Gasteiger partial charge in [0.15, 0.2) is 11.5 Å². The fourth-order valence-electron chi connectivity index (χ4n) is 1.10. The van der Waals surface area contributed by atoms with E-state index in [1.807, 2.05) is 0 Å². The van der Waals surface area contributed by atoms with Crippen LogP contribution in [0, 0.1) is 0 Å². The Bertz CT molecular complexity index is 288. The van der Waals surface area contributed by atoms with E-state index in [4.69, 9.17) is 15.6 Å². The highest BCUT2D eigenvalue weighted by Gasteiger charge is 2.12. The summed E-state index contributed by atoms with van der Waals surface area (Å²) in [5.41, 5.74) is 6.04. The zero-order valence-electron chi connectivity index (χ0n) is 7.40. The van der Waals surface area contributed by atoms with Crippen molar-refractivity contribution in [2.75, 3.05) is 13.7 Å². The van der Waals surface area contributed by atoms with Gasteiger partial charge in [-0.2, -0.15) is 0 Å². The van der Waals surface area contributed by atoms with Crippen molar-refractivity contribution >= 4 is 0 Å². The van der Waals surface area contributed by atoms with Gasteiger partial charge in [-0.05, 0) is 6.07 Å². The Kier molecular flexibility index (Phi) is 3.11. The number of nitrogens with two attached hydrogens (primary N) is 1. The maximum absolute atomic E-state index is 9.57. The molecule has 0 saturated carbocycles. The molecule has 4 N–H and O–H groups in total. The predicted octanol–water partition coefficient (Wildman–Crippen LogP) is 0.393. The van der Waals surface area contributed by atoms with Gasteiger partial charge in [-0.25, -0.2) is 0 Å². The van der Waals surface area contributed by atoms with Crippen molar-refractivity contribution in [2.45, 2.75) is 6.04 Å². The summed E-state index contributed by atoms with van der Waals surface area (Å²) in [7, 11) is 1.46. The molecule has 0 saturated heterocycles. The molecule has 13 heavy (non-hydrogen) atoms. The van der Waals surface area contributed by atoms with Crippen LogP contribution < -0.4 is 10.5 Å². The molecule has 0 aliphatic heterocycles. The maximum atomic E-state index is 9.57. The minimum Gasteiger partial charge on any atom is -0.504 e. The Morgan fingerprint density at radius 3 is 2.77 bits per heavy atom. The minimum absolute atomic E-state index is 0.00782. The van der Waals surface area contributed by atoms with Gasteiger partial charge in [-0.1, -0.05) is 12.1 Å². The van der Waals surface area contributed by atoms with E-state index in [9.17, 15) is 5.11 Å². The summed E-state index contributed by atoms with van der Waals surface area (Å²) in [6.45, 7) is -0.208. The van der Waals surface area contributed by atoms with Crippen LogP contribution in [0.2, 0.25) is 0 Å². The van der Waals surface area contributed by atoms with E-state index in [-0.39, 0.29) is 12.4 Å². The van der Waals surface area contributed by atoms with Gasteiger partial charge in [0.25, 0.3) is 0 Å². The van der Waals surface area contributed by atoms with Crippen LogP contribution in [0.1, 0.15) is 11.6 Å². The summed E-state index contributed by atoms with van der Waals surface area (Å²) in [5.74, 6) is 0.355. The molecule has 1 aromatic carbocycles. The first-order valence-corrected chi connectivity index (χ1v) is 3.93. The second-order valence-electron chi connectivity index (χ2n) is 2.69. The molecule has 4 nitrogen and oxygen atoms in total. The Morgan fingerprint density at radius 2 is 2.23 bits per heavy atom. The van der Waals surface area contributed by atoms with Gasteiger partial charge < -0.3 is 20.7 Å². The van der Waals surface area contributed by atoms with Gasteiger partial charge in [0.05, 0.1) is 19.8 Å². The molecular weight excluding hydrogens is 170 g/mol. The molecule has 1 atom stereocenters. The van der Waals surface area contributed by atoms with Crippen molar-refractivity contribution in [3.8, 4) is 11.5 Å². The Labute approximate surface area is 76.6 Å². The number of hydrogen-bond donors (Lipinski definition) is 3. The average Bonchev–Trinajstić information content (AvgIpc) is 2.17. The molecule has 0 spiro atoms. The van der Waals surface area contributed by atoms with E-state index < -0.39 is 6.04 Å². The topological polar surface area (TPSA) is 75.7 Å². The second-order valence-corrected chi connectivity index (χ2v) is 2.69. The van der Waals surface area contributed by atoms with Crippen LogP contribution in [0.4, 0.5) is 0 Å². The number of hydrogen-bond acceptors (Lipinski definition) is 4. The summed E-state index contributed by atoms with van der Waals surface area (Å²) in [5, 5.41) is 18.4. The molecule has 0 fully saturated rings. The van der Waals surface area contributed by atoms with E-state index in [0.717, 1.165) is 0 Å². The van der Waals surface area contributed by atoms with Crippen LogP contribution in [0.15, 0.2) is 18.2 Å². The van der Waals surface area contributed by atoms with E-state index in [1.54, 1.807) is 18.2 Å². The summed E-state index contributed by atoms with van der Waals surface area (Å²) in [6.07, 6.45) is 0. The van der Waals surface area contributed by atoms with Gasteiger partial charge in [-0.3, -0.25) is 0 Å². The molecule has 1 unspecified atom stereocenters. The van der Waals surface area contributed by atoms with Gasteiger partial charge in [-0.15, -0.1) is 0 Å².